The molecule has 0 amide bonds. The number of nitrogens with one attached hydrogen (secondary N) is 2. The summed E-state index contributed by atoms with van der Waals surface area (Å²) in [6.07, 6.45) is -2.33. The minimum Gasteiger partial charge on any atom is -0.652 e. The molecule has 0 aromatic rings. The second-order valence-electron chi connectivity index (χ2n) is 0.375. The molecule has 0 aliphatic heterocycles. The molecule has 0 fully saturated rings. The van der Waals surface area contributed by atoms with Gasteiger partial charge in [-0.2, -0.15) is 0 Å². The number of hydrogen-bond acceptors (Lipinski definition) is 5. The third kappa shape index (κ3) is 182. The zero-order valence-corrected chi connectivity index (χ0v) is 6.90. The van der Waals surface area contributed by atoms with Crippen LogP contribution in [0.4, 0.5) is 4.79 Å². The van der Waals surface area contributed by atoms with Gasteiger partial charge in [0.2, 0.25) is 0 Å². The van der Waals surface area contributed by atoms with Crippen LogP contribution < -0.4 is 10.2 Å². The Labute approximate surface area is 58.1 Å². The summed E-state index contributed by atoms with van der Waals surface area (Å²) in [6, 6.07) is 1.25. The fourth-order valence-corrected chi connectivity index (χ4v) is 0. The van der Waals surface area contributed by atoms with Gasteiger partial charge in [-0.1, -0.05) is 0 Å². The Morgan fingerprint density at radius 1 is 1.38 bits per heavy atom. The Bertz CT molecular complexity index is 83.3. The van der Waals surface area contributed by atoms with Crippen LogP contribution >= 0.6 is 0 Å². The zero-order valence-electron chi connectivity index (χ0n) is 3.93. The molecule has 6 heteroatoms. The van der Waals surface area contributed by atoms with E-state index >= 15 is 0 Å². The summed E-state index contributed by atoms with van der Waals surface area (Å²) in [7, 11) is 0. The molecule has 0 heterocycles. The largest absolute Gasteiger partial charge is 2.00 e. The first kappa shape index (κ1) is 15.7. The fourth-order valence-electron chi connectivity index (χ4n) is 0. The van der Waals surface area contributed by atoms with Crippen LogP contribution in [0, 0.1) is 10.8 Å². The molecule has 0 unspecified atom stereocenters. The fraction of sp³-hybridized carbons (Fsp3) is 0. The second-order valence-corrected chi connectivity index (χ2v) is 0.375. The maximum Gasteiger partial charge on any atom is 2.00 e. The van der Waals surface area contributed by atoms with E-state index in [4.69, 9.17) is 25.8 Å². The monoisotopic (exact) mass is 166 g/mol. The van der Waals surface area contributed by atoms with E-state index in [9.17, 15) is 0 Å². The molecule has 0 aromatic carbocycles. The molecule has 0 bridgehead atoms. The van der Waals surface area contributed by atoms with E-state index in [0.717, 1.165) is 0 Å². The van der Waals surface area contributed by atoms with Gasteiger partial charge in [-0.05, 0) is 6.16 Å². The summed E-state index contributed by atoms with van der Waals surface area (Å²) in [6.45, 7) is 0. The summed E-state index contributed by atoms with van der Waals surface area (Å²) < 4.78 is 0. The summed E-state index contributed by atoms with van der Waals surface area (Å²) in [5.74, 6) is 0. The Morgan fingerprint density at radius 3 is 1.38 bits per heavy atom. The molecule has 0 aliphatic carbocycles. The number of carbonyl (C=O) groups is 1. The summed E-state index contributed by atoms with van der Waals surface area (Å²) in [5.41, 5.74) is 0. The Hall–Kier alpha value is -0.727. The van der Waals surface area contributed by atoms with Crippen molar-refractivity contribution in [2.75, 3.05) is 0 Å². The van der Waals surface area contributed by atoms with Crippen LogP contribution in [0.1, 0.15) is 0 Å². The van der Waals surface area contributed by atoms with Crippen LogP contribution in [0.3, 0.4) is 0 Å². The number of carboxylic acid groups (broad SMARTS) is 2. The first-order valence-corrected chi connectivity index (χ1v) is 1.11. The smallest absolute Gasteiger partial charge is 0.652 e. The third-order valence-corrected chi connectivity index (χ3v) is 0. The van der Waals surface area contributed by atoms with Crippen molar-refractivity contribution in [3.63, 3.8) is 0 Å². The molecule has 0 rings (SSSR count). The maximum atomic E-state index is 8.33. The van der Waals surface area contributed by atoms with Gasteiger partial charge in [-0.25, -0.2) is 10.8 Å². The van der Waals surface area contributed by atoms with Crippen molar-refractivity contribution < 1.29 is 34.5 Å². The van der Waals surface area contributed by atoms with Crippen LogP contribution in [-0.4, -0.2) is 12.2 Å². The van der Waals surface area contributed by atoms with Crippen LogP contribution in [0.2, 0.25) is 0 Å². The van der Waals surface area contributed by atoms with Crippen molar-refractivity contribution in [1.29, 1.82) is 10.8 Å². The maximum absolute atomic E-state index is 8.33. The normalized spacial score (nSPS) is 4.00. The van der Waals surface area contributed by atoms with Crippen molar-refractivity contribution in [3.05, 3.63) is 0 Å². The first-order chi connectivity index (χ1) is 3.15. The van der Waals surface area contributed by atoms with E-state index in [-0.39, 0.29) is 19.5 Å². The molecule has 0 radical (unpaired) electrons. The number of carbonyl (C=O) groups excluding carboxylic acids is 1. The van der Waals surface area contributed by atoms with Crippen molar-refractivity contribution in [2.24, 2.45) is 0 Å². The van der Waals surface area contributed by atoms with Gasteiger partial charge in [0.25, 0.3) is 0 Å². The molecule has 0 aromatic heterocycles. The predicted molar refractivity (Wildman–Crippen MR) is 15.8 cm³/mol. The van der Waals surface area contributed by atoms with Gasteiger partial charge >= 0.3 is 19.5 Å². The van der Waals surface area contributed by atoms with Gasteiger partial charge in [0.1, 0.15) is 0 Å². The second kappa shape index (κ2) is 16.3. The molecule has 2 N–H and O–H groups in total. The van der Waals surface area contributed by atoms with Crippen LogP contribution in [0.25, 0.3) is 0 Å². The molecule has 0 aliphatic rings. The van der Waals surface area contributed by atoms with Crippen molar-refractivity contribution in [1.82, 2.24) is 0 Å². The van der Waals surface area contributed by atoms with E-state index in [1.807, 2.05) is 0 Å². The molecular weight excluding hydrogens is 165 g/mol. The van der Waals surface area contributed by atoms with Crippen LogP contribution in [0.15, 0.2) is 0 Å². The van der Waals surface area contributed by atoms with Gasteiger partial charge in [0.15, 0.2) is 0 Å². The van der Waals surface area contributed by atoms with Gasteiger partial charge in [0.05, 0.1) is 6.01 Å². The Balaban J connectivity index is -0.0000000575. The zero-order chi connectivity index (χ0) is 6.28. The standard InChI is InChI=1S/CH2N2.CH2O3.Zn/c2-1-3;2-1(3)4;/h2-3H;(H2,2,3,4);/q;;+2/p-2. The third-order valence-electron chi connectivity index (χ3n) is 0. The van der Waals surface area contributed by atoms with Crippen LogP contribution in [-0.2, 0) is 19.5 Å². The Kier molecular flexibility index (Phi) is 31.9. The minimum absolute atomic E-state index is 0. The topological polar surface area (TPSA) is 111 Å². The van der Waals surface area contributed by atoms with Gasteiger partial charge in [-0.15, -0.1) is 0 Å². The van der Waals surface area contributed by atoms with Gasteiger partial charge in [-0.3, -0.25) is 0 Å². The summed E-state index contributed by atoms with van der Waals surface area (Å²) in [4.78, 5) is 8.33. The molecule has 5 nitrogen and oxygen atoms in total. The molecule has 0 atom stereocenters. The minimum atomic E-state index is -2.33. The summed E-state index contributed by atoms with van der Waals surface area (Å²) in [5, 5.41) is 27.9. The SMILES string of the molecule is N=C=N.O=C([O-])[O-].[Zn+2]. The average molecular weight is 167 g/mol. The van der Waals surface area contributed by atoms with E-state index < -0.39 is 6.16 Å². The van der Waals surface area contributed by atoms with Crippen molar-refractivity contribution in [2.45, 2.75) is 0 Å². The molecular formula is C2H2N2O3Zn. The number of rotatable bonds is 0. The molecule has 0 saturated heterocycles. The van der Waals surface area contributed by atoms with Crippen molar-refractivity contribution >= 4 is 12.2 Å². The molecule has 8 heavy (non-hydrogen) atoms. The van der Waals surface area contributed by atoms with E-state index in [1.165, 1.54) is 6.01 Å². The molecule has 0 saturated carbocycles. The van der Waals surface area contributed by atoms with Crippen molar-refractivity contribution in [3.8, 4) is 0 Å². The van der Waals surface area contributed by atoms with E-state index in [0.29, 0.717) is 0 Å². The molecule has 40 valence electrons. The average Bonchev–Trinajstić information content (AvgIpc) is 1.33. The van der Waals surface area contributed by atoms with Gasteiger partial charge in [0, 0.05) is 0 Å². The van der Waals surface area contributed by atoms with E-state index in [1.54, 1.807) is 0 Å². The first-order valence-electron chi connectivity index (χ1n) is 1.11. The molecule has 0 spiro atoms. The predicted octanol–water partition coefficient (Wildman–Crippen LogP) is -2.13. The Morgan fingerprint density at radius 2 is 1.38 bits per heavy atom. The summed E-state index contributed by atoms with van der Waals surface area (Å²) >= 11 is 0. The number of hydrogen-bond donors (Lipinski definition) is 2. The van der Waals surface area contributed by atoms with Crippen LogP contribution in [0.5, 0.6) is 0 Å². The van der Waals surface area contributed by atoms with Gasteiger partial charge < -0.3 is 15.0 Å². The quantitative estimate of drug-likeness (QED) is 0.317. The van der Waals surface area contributed by atoms with E-state index in [2.05, 4.69) is 0 Å².